The highest BCUT2D eigenvalue weighted by Gasteiger charge is 2.64. The van der Waals surface area contributed by atoms with Crippen molar-refractivity contribution in [3.05, 3.63) is 0 Å². The van der Waals surface area contributed by atoms with Crippen molar-refractivity contribution in [2.24, 2.45) is 11.8 Å². The summed E-state index contributed by atoms with van der Waals surface area (Å²) >= 11 is 0. The van der Waals surface area contributed by atoms with E-state index in [9.17, 15) is 0 Å². The number of nitrogens with one attached hydrogen (secondary N) is 1. The average molecular weight is 236 g/mol. The molecule has 2 bridgehead atoms. The first-order valence-corrected chi connectivity index (χ1v) is 7.41. The second-order valence-electron chi connectivity index (χ2n) is 6.62. The van der Waals surface area contributed by atoms with Crippen LogP contribution in [0.25, 0.3) is 0 Å². The van der Waals surface area contributed by atoms with Crippen molar-refractivity contribution in [2.75, 3.05) is 26.2 Å². The van der Waals surface area contributed by atoms with Crippen LogP contribution in [0.5, 0.6) is 0 Å². The standard InChI is InChI=1S/C14H24N2O/c1-10-8-15-5-6-16(10)12-3-2-4-14-7-11(9-17-14)13(12)14/h10-13,15H,2-9H2,1H3. The second kappa shape index (κ2) is 3.69. The molecule has 5 rings (SSSR count). The van der Waals surface area contributed by atoms with Crippen LogP contribution in [0.4, 0.5) is 0 Å². The Morgan fingerprint density at radius 3 is 3.18 bits per heavy atom. The van der Waals surface area contributed by atoms with Crippen molar-refractivity contribution in [1.29, 1.82) is 0 Å². The highest BCUT2D eigenvalue weighted by atomic mass is 16.5. The Morgan fingerprint density at radius 1 is 1.41 bits per heavy atom. The summed E-state index contributed by atoms with van der Waals surface area (Å²) in [6.07, 6.45) is 5.50. The lowest BCUT2D eigenvalue weighted by molar-refractivity contribution is -0.123. The summed E-state index contributed by atoms with van der Waals surface area (Å²) in [6.45, 7) is 7.02. The molecule has 0 radical (unpaired) electrons. The minimum absolute atomic E-state index is 0.332. The zero-order chi connectivity index (χ0) is 11.5. The van der Waals surface area contributed by atoms with E-state index >= 15 is 0 Å². The molecule has 2 saturated carbocycles. The predicted molar refractivity (Wildman–Crippen MR) is 67.0 cm³/mol. The number of rotatable bonds is 1. The van der Waals surface area contributed by atoms with Crippen LogP contribution in [-0.2, 0) is 4.74 Å². The smallest absolute Gasteiger partial charge is 0.0732 e. The molecule has 5 fully saturated rings. The topological polar surface area (TPSA) is 24.5 Å². The van der Waals surface area contributed by atoms with Crippen LogP contribution < -0.4 is 5.32 Å². The van der Waals surface area contributed by atoms with Crippen molar-refractivity contribution in [3.8, 4) is 0 Å². The van der Waals surface area contributed by atoms with E-state index in [1.165, 1.54) is 45.3 Å². The Hall–Kier alpha value is -0.120. The van der Waals surface area contributed by atoms with Crippen molar-refractivity contribution in [2.45, 2.75) is 50.3 Å². The monoisotopic (exact) mass is 236 g/mol. The van der Waals surface area contributed by atoms with E-state index in [1.54, 1.807) is 0 Å². The van der Waals surface area contributed by atoms with Gasteiger partial charge in [-0.15, -0.1) is 0 Å². The van der Waals surface area contributed by atoms with Crippen LogP contribution >= 0.6 is 0 Å². The summed E-state index contributed by atoms with van der Waals surface area (Å²) in [6, 6.07) is 1.53. The Bertz CT molecular complexity index is 317. The van der Waals surface area contributed by atoms with E-state index in [1.807, 2.05) is 0 Å². The molecule has 5 atom stereocenters. The molecular weight excluding hydrogens is 212 g/mol. The number of nitrogens with zero attached hydrogens (tertiary/aromatic N) is 1. The molecule has 3 saturated heterocycles. The number of hydrogen-bond acceptors (Lipinski definition) is 3. The second-order valence-corrected chi connectivity index (χ2v) is 6.62. The zero-order valence-corrected chi connectivity index (χ0v) is 10.8. The summed E-state index contributed by atoms with van der Waals surface area (Å²) in [5, 5.41) is 3.51. The number of ether oxygens (including phenoxy) is 1. The highest BCUT2D eigenvalue weighted by Crippen LogP contribution is 2.61. The minimum atomic E-state index is 0.332. The normalized spacial score (nSPS) is 54.2. The van der Waals surface area contributed by atoms with Gasteiger partial charge in [0.05, 0.1) is 12.2 Å². The molecule has 0 aromatic rings. The van der Waals surface area contributed by atoms with Gasteiger partial charge < -0.3 is 10.1 Å². The van der Waals surface area contributed by atoms with Crippen LogP contribution in [0.1, 0.15) is 32.6 Å². The van der Waals surface area contributed by atoms with Gasteiger partial charge in [0.2, 0.25) is 0 Å². The van der Waals surface area contributed by atoms with Crippen LogP contribution in [0.2, 0.25) is 0 Å². The first-order valence-electron chi connectivity index (χ1n) is 7.41. The predicted octanol–water partition coefficient (Wildman–Crippen LogP) is 1.24. The van der Waals surface area contributed by atoms with Gasteiger partial charge in [-0.2, -0.15) is 0 Å². The molecule has 1 spiro atoms. The quantitative estimate of drug-likeness (QED) is 0.741. The fraction of sp³-hybridized carbons (Fsp3) is 1.00. The molecule has 0 aromatic heterocycles. The fourth-order valence-corrected chi connectivity index (χ4v) is 5.08. The molecule has 3 aliphatic heterocycles. The minimum Gasteiger partial charge on any atom is -0.374 e. The maximum absolute atomic E-state index is 6.13. The third-order valence-electron chi connectivity index (χ3n) is 5.80. The Balaban J connectivity index is 1.57. The molecular formula is C14H24N2O. The van der Waals surface area contributed by atoms with Crippen LogP contribution in [0, 0.1) is 11.8 Å². The summed E-state index contributed by atoms with van der Waals surface area (Å²) in [7, 11) is 0. The summed E-state index contributed by atoms with van der Waals surface area (Å²) in [5.74, 6) is 1.76. The summed E-state index contributed by atoms with van der Waals surface area (Å²) in [4.78, 5) is 2.79. The lowest BCUT2D eigenvalue weighted by atomic mass is 9.55. The Labute approximate surface area is 104 Å². The summed E-state index contributed by atoms with van der Waals surface area (Å²) < 4.78 is 6.13. The number of piperazine rings is 1. The average Bonchev–Trinajstić information content (AvgIpc) is 2.87. The molecule has 3 heterocycles. The lowest BCUT2D eigenvalue weighted by Gasteiger charge is -2.57. The van der Waals surface area contributed by atoms with E-state index in [-0.39, 0.29) is 0 Å². The largest absolute Gasteiger partial charge is 0.374 e. The van der Waals surface area contributed by atoms with Crippen molar-refractivity contribution < 1.29 is 4.74 Å². The maximum Gasteiger partial charge on any atom is 0.0732 e. The van der Waals surface area contributed by atoms with Crippen molar-refractivity contribution >= 4 is 0 Å². The van der Waals surface area contributed by atoms with E-state index in [2.05, 4.69) is 17.1 Å². The zero-order valence-electron chi connectivity index (χ0n) is 10.8. The van der Waals surface area contributed by atoms with E-state index in [0.29, 0.717) is 11.6 Å². The van der Waals surface area contributed by atoms with Gasteiger partial charge in [0.15, 0.2) is 0 Å². The number of hydrogen-bond donors (Lipinski definition) is 1. The lowest BCUT2D eigenvalue weighted by Crippen LogP contribution is -2.64. The molecule has 2 aliphatic carbocycles. The molecule has 3 heteroatoms. The Kier molecular flexibility index (Phi) is 2.34. The van der Waals surface area contributed by atoms with Gasteiger partial charge >= 0.3 is 0 Å². The molecule has 17 heavy (non-hydrogen) atoms. The first kappa shape index (κ1) is 10.8. The third kappa shape index (κ3) is 1.39. The highest BCUT2D eigenvalue weighted by molar-refractivity contribution is 5.15. The van der Waals surface area contributed by atoms with Crippen LogP contribution in [-0.4, -0.2) is 48.8 Å². The van der Waals surface area contributed by atoms with E-state index < -0.39 is 0 Å². The van der Waals surface area contributed by atoms with Crippen molar-refractivity contribution in [3.63, 3.8) is 0 Å². The SMILES string of the molecule is CC1CNCCN1C1CCCC23CC(CO2)C13. The first-order chi connectivity index (χ1) is 8.30. The fourth-order valence-electron chi connectivity index (χ4n) is 5.08. The summed E-state index contributed by atoms with van der Waals surface area (Å²) in [5.41, 5.74) is 0.332. The Morgan fingerprint density at radius 2 is 2.35 bits per heavy atom. The van der Waals surface area contributed by atoms with Gasteiger partial charge in [0.25, 0.3) is 0 Å². The van der Waals surface area contributed by atoms with Gasteiger partial charge in [0, 0.05) is 37.6 Å². The van der Waals surface area contributed by atoms with Crippen LogP contribution in [0.15, 0.2) is 0 Å². The van der Waals surface area contributed by atoms with Crippen molar-refractivity contribution in [1.82, 2.24) is 10.2 Å². The van der Waals surface area contributed by atoms with Gasteiger partial charge in [0.1, 0.15) is 0 Å². The van der Waals surface area contributed by atoms with Gasteiger partial charge in [-0.3, -0.25) is 4.90 Å². The molecule has 0 amide bonds. The molecule has 1 N–H and O–H groups in total. The van der Waals surface area contributed by atoms with Gasteiger partial charge in [-0.1, -0.05) is 0 Å². The molecule has 5 unspecified atom stereocenters. The van der Waals surface area contributed by atoms with Gasteiger partial charge in [-0.05, 0) is 38.5 Å². The van der Waals surface area contributed by atoms with E-state index in [4.69, 9.17) is 4.74 Å². The van der Waals surface area contributed by atoms with E-state index in [0.717, 1.165) is 24.5 Å². The molecule has 3 nitrogen and oxygen atoms in total. The number of fused-ring (bicyclic) bond motifs is 1. The van der Waals surface area contributed by atoms with Crippen LogP contribution in [0.3, 0.4) is 0 Å². The molecule has 0 aromatic carbocycles. The maximum atomic E-state index is 6.13. The molecule has 96 valence electrons. The third-order valence-corrected chi connectivity index (χ3v) is 5.80. The molecule has 5 aliphatic rings. The van der Waals surface area contributed by atoms with Gasteiger partial charge in [-0.25, -0.2) is 0 Å².